The van der Waals surface area contributed by atoms with E-state index in [9.17, 15) is 14.0 Å². The maximum Gasteiger partial charge on any atom is 0.333 e. The van der Waals surface area contributed by atoms with Crippen molar-refractivity contribution < 1.29 is 9.13 Å². The van der Waals surface area contributed by atoms with E-state index < -0.39 is 17.1 Å². The van der Waals surface area contributed by atoms with Gasteiger partial charge in [0.25, 0.3) is 5.56 Å². The number of benzene rings is 1. The lowest BCUT2D eigenvalue weighted by Gasteiger charge is -2.15. The summed E-state index contributed by atoms with van der Waals surface area (Å²) in [5.41, 5.74) is -0.560. The van der Waals surface area contributed by atoms with Gasteiger partial charge in [-0.05, 0) is 33.3 Å². The zero-order valence-electron chi connectivity index (χ0n) is 13.4. The number of H-pyrrole nitrogens is 1. The Morgan fingerprint density at radius 1 is 1.35 bits per heavy atom. The number of hydrogen-bond acceptors (Lipinski definition) is 3. The van der Waals surface area contributed by atoms with Crippen molar-refractivity contribution in [1.29, 1.82) is 0 Å². The lowest BCUT2D eigenvalue weighted by atomic mass is 10.2. The maximum absolute atomic E-state index is 14.3. The molecule has 124 valence electrons. The summed E-state index contributed by atoms with van der Waals surface area (Å²) in [7, 11) is 0. The molecule has 2 rings (SSSR count). The molecule has 5 nitrogen and oxygen atoms in total. The van der Waals surface area contributed by atoms with Gasteiger partial charge >= 0.3 is 5.69 Å². The topological polar surface area (TPSA) is 64.1 Å². The van der Waals surface area contributed by atoms with E-state index in [1.165, 1.54) is 6.07 Å². The zero-order valence-corrected chi connectivity index (χ0v) is 14.1. The lowest BCUT2D eigenvalue weighted by molar-refractivity contribution is 0.242. The summed E-state index contributed by atoms with van der Waals surface area (Å²) in [5, 5.41) is 0.0753. The Bertz CT molecular complexity index is 856. The Labute approximate surface area is 137 Å². The molecule has 0 spiro atoms. The molecule has 0 radical (unpaired) electrons. The first kappa shape index (κ1) is 17.3. The first-order valence-electron chi connectivity index (χ1n) is 7.27. The molecule has 0 bridgehead atoms. The molecular weight excluding hydrogens is 323 g/mol. The van der Waals surface area contributed by atoms with E-state index in [1.807, 2.05) is 6.92 Å². The second-order valence-electron chi connectivity index (χ2n) is 5.43. The van der Waals surface area contributed by atoms with Crippen LogP contribution in [0, 0.1) is 12.7 Å². The van der Waals surface area contributed by atoms with E-state index in [2.05, 4.69) is 4.98 Å². The van der Waals surface area contributed by atoms with E-state index in [1.54, 1.807) is 20.8 Å². The first-order valence-corrected chi connectivity index (χ1v) is 7.64. The largest absolute Gasteiger partial charge is 0.489 e. The Balaban J connectivity index is 2.75. The van der Waals surface area contributed by atoms with Gasteiger partial charge in [0.2, 0.25) is 0 Å². The van der Waals surface area contributed by atoms with Crippen LogP contribution in [0.1, 0.15) is 32.0 Å². The molecule has 0 atom stereocenters. The van der Waals surface area contributed by atoms with Gasteiger partial charge in [-0.3, -0.25) is 4.79 Å². The van der Waals surface area contributed by atoms with Crippen LogP contribution in [0.4, 0.5) is 4.39 Å². The molecule has 1 heterocycles. The predicted octanol–water partition coefficient (Wildman–Crippen LogP) is 2.98. The number of nitrogens with one attached hydrogen (secondary N) is 1. The fourth-order valence-electron chi connectivity index (χ4n) is 2.27. The standard InChI is InChI=1S/C16H18ClFN2O3/c1-5-12-9(4)15(21)20(16(22)19-12)13-7-14(23-8(2)3)10(17)6-11(13)18/h6-8H,5H2,1-4H3,(H,19,22). The molecule has 2 aromatic rings. The highest BCUT2D eigenvalue weighted by Gasteiger charge is 2.17. The summed E-state index contributed by atoms with van der Waals surface area (Å²) < 4.78 is 20.5. The molecule has 0 saturated carbocycles. The number of halogens is 2. The van der Waals surface area contributed by atoms with Crippen molar-refractivity contribution in [3.05, 3.63) is 55.1 Å². The average Bonchev–Trinajstić information content (AvgIpc) is 2.47. The van der Waals surface area contributed by atoms with Crippen molar-refractivity contribution >= 4 is 11.6 Å². The van der Waals surface area contributed by atoms with E-state index in [-0.39, 0.29) is 22.6 Å². The minimum Gasteiger partial charge on any atom is -0.489 e. The second kappa shape index (κ2) is 6.58. The molecule has 7 heteroatoms. The van der Waals surface area contributed by atoms with Gasteiger partial charge in [-0.2, -0.15) is 0 Å². The van der Waals surface area contributed by atoms with Crippen molar-refractivity contribution in [2.75, 3.05) is 0 Å². The van der Waals surface area contributed by atoms with Gasteiger partial charge in [0, 0.05) is 17.3 Å². The smallest absolute Gasteiger partial charge is 0.333 e. The van der Waals surface area contributed by atoms with Crippen molar-refractivity contribution in [3.63, 3.8) is 0 Å². The third-order valence-electron chi connectivity index (χ3n) is 3.40. The van der Waals surface area contributed by atoms with Crippen LogP contribution in [0.5, 0.6) is 5.75 Å². The van der Waals surface area contributed by atoms with Gasteiger partial charge in [-0.1, -0.05) is 18.5 Å². The third-order valence-corrected chi connectivity index (χ3v) is 3.69. The fraction of sp³-hybridized carbons (Fsp3) is 0.375. The van der Waals surface area contributed by atoms with Crippen LogP contribution >= 0.6 is 11.6 Å². The molecule has 1 aromatic carbocycles. The molecule has 0 amide bonds. The Hall–Kier alpha value is -2.08. The molecule has 0 aliphatic carbocycles. The molecule has 23 heavy (non-hydrogen) atoms. The molecule has 0 fully saturated rings. The monoisotopic (exact) mass is 340 g/mol. The van der Waals surface area contributed by atoms with Gasteiger partial charge in [0.1, 0.15) is 11.6 Å². The average molecular weight is 341 g/mol. The van der Waals surface area contributed by atoms with Crippen molar-refractivity contribution in [2.24, 2.45) is 0 Å². The van der Waals surface area contributed by atoms with E-state index in [0.29, 0.717) is 17.7 Å². The second-order valence-corrected chi connectivity index (χ2v) is 5.84. The Morgan fingerprint density at radius 2 is 2.00 bits per heavy atom. The number of ether oxygens (including phenoxy) is 1. The summed E-state index contributed by atoms with van der Waals surface area (Å²) in [5.74, 6) is -0.566. The molecule has 0 saturated heterocycles. The summed E-state index contributed by atoms with van der Waals surface area (Å²) in [4.78, 5) is 27.3. The number of rotatable bonds is 4. The van der Waals surface area contributed by atoms with Crippen LogP contribution in [-0.4, -0.2) is 15.7 Å². The predicted molar refractivity (Wildman–Crippen MR) is 87.5 cm³/mol. The van der Waals surface area contributed by atoms with Gasteiger partial charge in [0.05, 0.1) is 16.8 Å². The molecule has 0 aliphatic heterocycles. The van der Waals surface area contributed by atoms with Crippen LogP contribution < -0.4 is 16.0 Å². The molecule has 0 unspecified atom stereocenters. The minimum absolute atomic E-state index is 0.0753. The van der Waals surface area contributed by atoms with E-state index >= 15 is 0 Å². The number of aryl methyl sites for hydroxylation is 1. The molecule has 1 N–H and O–H groups in total. The molecule has 1 aromatic heterocycles. The first-order chi connectivity index (χ1) is 10.8. The van der Waals surface area contributed by atoms with Crippen molar-refractivity contribution in [1.82, 2.24) is 9.55 Å². The Kier molecular flexibility index (Phi) is 4.94. The molecule has 0 aliphatic rings. The third kappa shape index (κ3) is 3.32. The van der Waals surface area contributed by atoms with Crippen molar-refractivity contribution in [3.8, 4) is 11.4 Å². The van der Waals surface area contributed by atoms with Crippen LogP contribution in [-0.2, 0) is 6.42 Å². The Morgan fingerprint density at radius 3 is 2.57 bits per heavy atom. The highest BCUT2D eigenvalue weighted by molar-refractivity contribution is 6.32. The van der Waals surface area contributed by atoms with Crippen LogP contribution in [0.2, 0.25) is 5.02 Å². The number of nitrogens with zero attached hydrogens (tertiary/aromatic N) is 1. The SMILES string of the molecule is CCc1[nH]c(=O)n(-c2cc(OC(C)C)c(Cl)cc2F)c(=O)c1C. The summed E-state index contributed by atoms with van der Waals surface area (Å²) in [6.45, 7) is 6.99. The van der Waals surface area contributed by atoms with E-state index in [0.717, 1.165) is 10.6 Å². The van der Waals surface area contributed by atoms with Gasteiger partial charge in [0.15, 0.2) is 0 Å². The normalized spacial score (nSPS) is 11.1. The number of aromatic nitrogens is 2. The van der Waals surface area contributed by atoms with Gasteiger partial charge in [-0.15, -0.1) is 0 Å². The molecular formula is C16H18ClFN2O3. The highest BCUT2D eigenvalue weighted by Crippen LogP contribution is 2.29. The zero-order chi connectivity index (χ0) is 17.3. The number of aromatic amines is 1. The summed E-state index contributed by atoms with van der Waals surface area (Å²) in [6.07, 6.45) is 0.312. The van der Waals surface area contributed by atoms with Crippen molar-refractivity contribution in [2.45, 2.75) is 40.2 Å². The number of hydrogen-bond donors (Lipinski definition) is 1. The van der Waals surface area contributed by atoms with Gasteiger partial charge < -0.3 is 9.72 Å². The maximum atomic E-state index is 14.3. The fourth-order valence-corrected chi connectivity index (χ4v) is 2.47. The quantitative estimate of drug-likeness (QED) is 0.930. The minimum atomic E-state index is -0.776. The van der Waals surface area contributed by atoms with Crippen LogP contribution in [0.3, 0.4) is 0 Å². The summed E-state index contributed by atoms with van der Waals surface area (Å²) in [6, 6.07) is 2.29. The van der Waals surface area contributed by atoms with Gasteiger partial charge in [-0.25, -0.2) is 13.8 Å². The van der Waals surface area contributed by atoms with E-state index in [4.69, 9.17) is 16.3 Å². The van der Waals surface area contributed by atoms with Crippen LogP contribution in [0.15, 0.2) is 21.7 Å². The highest BCUT2D eigenvalue weighted by atomic mass is 35.5. The van der Waals surface area contributed by atoms with Crippen LogP contribution in [0.25, 0.3) is 5.69 Å². The lowest BCUT2D eigenvalue weighted by Crippen LogP contribution is -2.37. The summed E-state index contributed by atoms with van der Waals surface area (Å²) >= 11 is 5.95.